The summed E-state index contributed by atoms with van der Waals surface area (Å²) in [6, 6.07) is 0. The topological polar surface area (TPSA) is 127 Å². The molecule has 0 aromatic heterocycles. The normalized spacial score (nSPS) is 20.2. The molecule has 0 aliphatic carbocycles. The largest absolute Gasteiger partial charge is 1.00 e. The van der Waals surface area contributed by atoms with Crippen LogP contribution in [0.5, 0.6) is 0 Å². The summed E-state index contributed by atoms with van der Waals surface area (Å²) < 4.78 is 32.6. The molecule has 0 bridgehead atoms. The van der Waals surface area contributed by atoms with Gasteiger partial charge in [0, 0.05) is 0 Å². The number of quaternary nitrogens is 1. The van der Waals surface area contributed by atoms with Gasteiger partial charge in [0.15, 0.2) is 0 Å². The molecule has 0 aromatic carbocycles. The van der Waals surface area contributed by atoms with Crippen LogP contribution in [0.25, 0.3) is 0 Å². The Balaban J connectivity index is 0.00000841. The Hall–Kier alpha value is -0.130. The van der Waals surface area contributed by atoms with Crippen molar-refractivity contribution in [2.45, 2.75) is 64.4 Å². The van der Waals surface area contributed by atoms with Crippen LogP contribution < -0.4 is 29.6 Å². The number of allylic oxidation sites excluding steroid dienone is 1. The maximum Gasteiger partial charge on any atom is 1.00 e. The Morgan fingerprint density at radius 3 is 2.47 bits per heavy atom. The SMILES string of the molecule is CCCCCCCCC/C=C/C(=O)C1=NCC[N+]1(CCO)CC(O)CS(=O)(=O)[O-].[Na+]. The van der Waals surface area contributed by atoms with Gasteiger partial charge in [0.05, 0.1) is 29.0 Å². The zero-order chi connectivity index (χ0) is 21.8. The first kappa shape index (κ1) is 29.9. The summed E-state index contributed by atoms with van der Waals surface area (Å²) in [4.78, 5) is 16.9. The molecule has 10 heteroatoms. The Morgan fingerprint density at radius 2 is 1.87 bits per heavy atom. The van der Waals surface area contributed by atoms with Gasteiger partial charge in [-0.15, -0.1) is 0 Å². The van der Waals surface area contributed by atoms with Crippen LogP contribution in [-0.2, 0) is 14.9 Å². The molecule has 0 saturated carbocycles. The van der Waals surface area contributed by atoms with Crippen LogP contribution >= 0.6 is 0 Å². The molecule has 0 spiro atoms. The Kier molecular flexibility index (Phi) is 15.6. The number of aliphatic hydroxyl groups excluding tert-OH is 2. The number of unbranched alkanes of at least 4 members (excludes halogenated alkanes) is 7. The van der Waals surface area contributed by atoms with Crippen LogP contribution in [0.15, 0.2) is 17.1 Å². The van der Waals surface area contributed by atoms with Crippen LogP contribution in [-0.4, -0.2) is 83.9 Å². The summed E-state index contributed by atoms with van der Waals surface area (Å²) >= 11 is 0. The van der Waals surface area contributed by atoms with Gasteiger partial charge in [-0.1, -0.05) is 51.5 Å². The predicted octanol–water partition coefficient (Wildman–Crippen LogP) is -1.62. The van der Waals surface area contributed by atoms with Crippen molar-refractivity contribution in [1.82, 2.24) is 0 Å². The quantitative estimate of drug-likeness (QED) is 0.0947. The number of aliphatic hydroxyl groups is 2. The van der Waals surface area contributed by atoms with E-state index in [2.05, 4.69) is 11.9 Å². The van der Waals surface area contributed by atoms with Gasteiger partial charge in [-0.3, -0.25) is 9.28 Å². The molecule has 2 unspecified atom stereocenters. The standard InChI is InChI=1S/C20H36N2O6S.Na/c1-2-3-4-5-6-7-8-9-10-11-19(25)20-21-12-13-22(20,14-15-23)16-18(24)17-29(26,27)28;/h10-11,18,23-24H,2-9,12-17H2,1H3;/q;+1/b11-10+;. The molecule has 0 aromatic rings. The van der Waals surface area contributed by atoms with E-state index in [9.17, 15) is 28.0 Å². The predicted molar refractivity (Wildman–Crippen MR) is 112 cm³/mol. The van der Waals surface area contributed by atoms with Gasteiger partial charge >= 0.3 is 29.6 Å². The molecular weight excluding hydrogens is 419 g/mol. The number of hydrogen-bond acceptors (Lipinski definition) is 7. The fourth-order valence-corrected chi connectivity index (χ4v) is 4.35. The molecule has 0 saturated heterocycles. The third kappa shape index (κ3) is 11.5. The maximum absolute atomic E-state index is 12.6. The van der Waals surface area contributed by atoms with Crippen molar-refractivity contribution in [3.63, 3.8) is 0 Å². The van der Waals surface area contributed by atoms with E-state index < -0.39 is 22.0 Å². The summed E-state index contributed by atoms with van der Waals surface area (Å²) in [5.41, 5.74) is 0. The summed E-state index contributed by atoms with van der Waals surface area (Å²) in [6.07, 6.45) is 11.0. The van der Waals surface area contributed by atoms with Crippen LogP contribution in [0.2, 0.25) is 0 Å². The fraction of sp³-hybridized carbons (Fsp3) is 0.800. The van der Waals surface area contributed by atoms with Crippen molar-refractivity contribution < 1.29 is 62.0 Å². The number of hydrogen-bond donors (Lipinski definition) is 2. The minimum absolute atomic E-state index is 0. The number of aliphatic imine (C=N–C) groups is 1. The Bertz CT molecular complexity index is 668. The number of ketones is 1. The zero-order valence-electron chi connectivity index (χ0n) is 18.5. The first-order valence-corrected chi connectivity index (χ1v) is 12.2. The molecule has 1 aliphatic rings. The molecule has 2 N–H and O–H groups in total. The summed E-state index contributed by atoms with van der Waals surface area (Å²) in [7, 11) is -4.59. The molecule has 8 nitrogen and oxygen atoms in total. The number of carbonyl (C=O) groups excluding carboxylic acids is 1. The van der Waals surface area contributed by atoms with Crippen LogP contribution in [0.4, 0.5) is 0 Å². The van der Waals surface area contributed by atoms with Crippen LogP contribution in [0.1, 0.15) is 58.3 Å². The van der Waals surface area contributed by atoms with E-state index in [1.807, 2.05) is 6.08 Å². The molecule has 1 rings (SSSR count). The van der Waals surface area contributed by atoms with Crippen molar-refractivity contribution in [1.29, 1.82) is 0 Å². The van der Waals surface area contributed by atoms with E-state index in [1.54, 1.807) is 0 Å². The summed E-state index contributed by atoms with van der Waals surface area (Å²) in [6.45, 7) is 2.67. The van der Waals surface area contributed by atoms with Gasteiger partial charge < -0.3 is 14.8 Å². The Labute approximate surface area is 203 Å². The van der Waals surface area contributed by atoms with Crippen molar-refractivity contribution in [3.05, 3.63) is 12.2 Å². The van der Waals surface area contributed by atoms with E-state index in [4.69, 9.17) is 0 Å². The number of nitrogens with zero attached hydrogens (tertiary/aromatic N) is 2. The van der Waals surface area contributed by atoms with Gasteiger partial charge in [0.1, 0.15) is 25.7 Å². The van der Waals surface area contributed by atoms with Gasteiger partial charge in [-0.25, -0.2) is 13.4 Å². The average molecular weight is 456 g/mol. The molecule has 0 amide bonds. The number of carbonyl (C=O) groups is 1. The van der Waals surface area contributed by atoms with Gasteiger partial charge in [-0.05, 0) is 18.9 Å². The molecule has 30 heavy (non-hydrogen) atoms. The smallest absolute Gasteiger partial charge is 0.748 e. The van der Waals surface area contributed by atoms with Crippen LogP contribution in [0.3, 0.4) is 0 Å². The minimum atomic E-state index is -4.59. The second kappa shape index (κ2) is 15.6. The van der Waals surface area contributed by atoms with Crippen molar-refractivity contribution in [2.24, 2.45) is 4.99 Å². The number of amidine groups is 1. The third-order valence-corrected chi connectivity index (χ3v) is 5.98. The molecule has 168 valence electrons. The average Bonchev–Trinajstić information content (AvgIpc) is 3.01. The first-order valence-electron chi connectivity index (χ1n) is 10.6. The van der Waals surface area contributed by atoms with E-state index in [-0.39, 0.29) is 65.4 Å². The van der Waals surface area contributed by atoms with Gasteiger partial charge in [0.2, 0.25) is 0 Å². The van der Waals surface area contributed by atoms with Gasteiger partial charge in [0.25, 0.3) is 11.6 Å². The minimum Gasteiger partial charge on any atom is -0.748 e. The first-order chi connectivity index (χ1) is 13.7. The molecule has 1 heterocycles. The van der Waals surface area contributed by atoms with Crippen molar-refractivity contribution in [2.75, 3.05) is 38.5 Å². The van der Waals surface area contributed by atoms with Crippen LogP contribution in [0, 0.1) is 0 Å². The van der Waals surface area contributed by atoms with E-state index in [0.717, 1.165) is 19.3 Å². The van der Waals surface area contributed by atoms with E-state index >= 15 is 0 Å². The molecule has 2 atom stereocenters. The summed E-state index contributed by atoms with van der Waals surface area (Å²) in [5.74, 6) is -1.01. The zero-order valence-corrected chi connectivity index (χ0v) is 21.3. The molecule has 0 fully saturated rings. The summed E-state index contributed by atoms with van der Waals surface area (Å²) in [5, 5.41) is 19.5. The fourth-order valence-electron chi connectivity index (χ4n) is 3.77. The van der Waals surface area contributed by atoms with Crippen molar-refractivity contribution >= 4 is 21.7 Å². The van der Waals surface area contributed by atoms with E-state index in [0.29, 0.717) is 13.1 Å². The second-order valence-electron chi connectivity index (χ2n) is 7.76. The second-order valence-corrected chi connectivity index (χ2v) is 9.21. The molecular formula is C20H36N2NaO6S+. The van der Waals surface area contributed by atoms with E-state index in [1.165, 1.54) is 38.2 Å². The molecule has 1 aliphatic heterocycles. The maximum atomic E-state index is 12.6. The van der Waals surface area contributed by atoms with Crippen molar-refractivity contribution in [3.8, 4) is 0 Å². The third-order valence-electron chi connectivity index (χ3n) is 5.19. The Morgan fingerprint density at radius 1 is 1.23 bits per heavy atom. The molecule has 0 radical (unpaired) electrons. The number of rotatable bonds is 16. The van der Waals surface area contributed by atoms with Gasteiger partial charge in [-0.2, -0.15) is 0 Å². The monoisotopic (exact) mass is 455 g/mol.